The summed E-state index contributed by atoms with van der Waals surface area (Å²) in [5.74, 6) is -0.329. The average molecular weight is 440 g/mol. The number of nitrogens with zero attached hydrogens (tertiary/aromatic N) is 3. The minimum atomic E-state index is -0.440. The molecule has 4 rings (SSSR count). The Kier molecular flexibility index (Phi) is 6.15. The number of halogens is 2. The van der Waals surface area contributed by atoms with Crippen molar-refractivity contribution in [2.45, 2.75) is 46.1 Å². The number of benzene rings is 2. The van der Waals surface area contributed by atoms with Crippen LogP contribution in [0.4, 0.5) is 4.39 Å². The molecule has 1 saturated heterocycles. The molecule has 2 unspecified atom stereocenters. The summed E-state index contributed by atoms with van der Waals surface area (Å²) in [4.78, 5) is 19.5. The molecule has 0 spiro atoms. The first kappa shape index (κ1) is 21.6. The van der Waals surface area contributed by atoms with E-state index in [1.165, 1.54) is 6.07 Å². The lowest BCUT2D eigenvalue weighted by molar-refractivity contribution is -0.140. The Labute approximate surface area is 187 Å². The predicted molar refractivity (Wildman–Crippen MR) is 121 cm³/mol. The third-order valence-electron chi connectivity index (χ3n) is 6.21. The van der Waals surface area contributed by atoms with Crippen molar-refractivity contribution in [3.05, 3.63) is 82.1 Å². The van der Waals surface area contributed by atoms with Crippen LogP contribution in [0.25, 0.3) is 5.69 Å². The van der Waals surface area contributed by atoms with Crippen LogP contribution in [0.15, 0.2) is 48.9 Å². The molecule has 162 valence electrons. The Hall–Kier alpha value is -2.66. The third kappa shape index (κ3) is 4.52. The lowest BCUT2D eigenvalue weighted by atomic mass is 9.88. The molecule has 2 aromatic carbocycles. The van der Waals surface area contributed by atoms with Gasteiger partial charge in [0.15, 0.2) is 0 Å². The van der Waals surface area contributed by atoms with Gasteiger partial charge in [-0.25, -0.2) is 9.37 Å². The molecule has 0 N–H and O–H groups in total. The molecule has 0 saturated carbocycles. The summed E-state index contributed by atoms with van der Waals surface area (Å²) < 4.78 is 15.6. The van der Waals surface area contributed by atoms with Gasteiger partial charge in [0.2, 0.25) is 5.91 Å². The fraction of sp³-hybridized carbons (Fsp3) is 0.360. The van der Waals surface area contributed by atoms with Crippen molar-refractivity contribution >= 4 is 17.5 Å². The van der Waals surface area contributed by atoms with Crippen LogP contribution >= 0.6 is 11.6 Å². The maximum absolute atomic E-state index is 13.5. The van der Waals surface area contributed by atoms with Crippen LogP contribution in [0.2, 0.25) is 5.02 Å². The van der Waals surface area contributed by atoms with Crippen molar-refractivity contribution in [2.75, 3.05) is 6.54 Å². The number of imidazole rings is 1. The molecule has 0 radical (unpaired) electrons. The first-order valence-electron chi connectivity index (χ1n) is 10.7. The maximum atomic E-state index is 13.5. The van der Waals surface area contributed by atoms with Gasteiger partial charge in [-0.05, 0) is 74.9 Å². The Morgan fingerprint density at radius 1 is 1.23 bits per heavy atom. The zero-order valence-electron chi connectivity index (χ0n) is 18.1. The molecule has 0 aliphatic carbocycles. The highest BCUT2D eigenvalue weighted by Crippen LogP contribution is 2.31. The van der Waals surface area contributed by atoms with Crippen LogP contribution in [0.3, 0.4) is 0 Å². The van der Waals surface area contributed by atoms with Gasteiger partial charge in [0.05, 0.1) is 23.1 Å². The number of rotatable bonds is 5. The lowest BCUT2D eigenvalue weighted by Gasteiger charge is -2.37. The third-order valence-corrected chi connectivity index (χ3v) is 6.50. The molecule has 1 aliphatic heterocycles. The summed E-state index contributed by atoms with van der Waals surface area (Å²) >= 11 is 5.96. The van der Waals surface area contributed by atoms with Crippen molar-refractivity contribution < 1.29 is 9.18 Å². The van der Waals surface area contributed by atoms with E-state index in [4.69, 9.17) is 11.6 Å². The number of hydrogen-bond donors (Lipinski definition) is 0. The van der Waals surface area contributed by atoms with Crippen molar-refractivity contribution in [2.24, 2.45) is 5.92 Å². The second-order valence-electron chi connectivity index (χ2n) is 8.47. The van der Waals surface area contributed by atoms with Crippen LogP contribution in [-0.2, 0) is 11.2 Å². The standard InChI is InChI=1S/C25H27ClFN3O/c1-16-11-19(6-9-24(16)29-14-17(2)28-15-29)12-21-5-4-10-30(25(21)31)18(3)20-7-8-23(27)22(26)13-20/h6-9,11,13-15,18,21H,4-5,10,12H2,1-3H3. The largest absolute Gasteiger partial charge is 0.336 e. The minimum Gasteiger partial charge on any atom is -0.336 e. The van der Waals surface area contributed by atoms with E-state index < -0.39 is 5.82 Å². The van der Waals surface area contributed by atoms with Crippen molar-refractivity contribution in [1.82, 2.24) is 14.5 Å². The molecule has 4 nitrogen and oxygen atoms in total. The number of hydrogen-bond acceptors (Lipinski definition) is 2. The smallest absolute Gasteiger partial charge is 0.226 e. The molecule has 1 aliphatic rings. The molecule has 6 heteroatoms. The number of aryl methyl sites for hydroxylation is 2. The minimum absolute atomic E-state index is 0.0483. The van der Waals surface area contributed by atoms with Gasteiger partial charge in [-0.3, -0.25) is 4.79 Å². The van der Waals surface area contributed by atoms with Gasteiger partial charge in [0.25, 0.3) is 0 Å². The molecule has 3 aromatic rings. The summed E-state index contributed by atoms with van der Waals surface area (Å²) in [5, 5.41) is 0.0917. The Morgan fingerprint density at radius 3 is 2.71 bits per heavy atom. The van der Waals surface area contributed by atoms with E-state index in [2.05, 4.69) is 30.1 Å². The van der Waals surface area contributed by atoms with E-state index in [1.807, 2.05) is 35.8 Å². The van der Waals surface area contributed by atoms with E-state index >= 15 is 0 Å². The molecular weight excluding hydrogens is 413 g/mol. The molecule has 1 amide bonds. The van der Waals surface area contributed by atoms with Crippen LogP contribution in [0.1, 0.15) is 48.2 Å². The zero-order valence-corrected chi connectivity index (χ0v) is 18.9. The average Bonchev–Trinajstić information content (AvgIpc) is 3.17. The second-order valence-corrected chi connectivity index (χ2v) is 8.87. The fourth-order valence-electron chi connectivity index (χ4n) is 4.47. The number of likely N-dealkylation sites (tertiary alicyclic amines) is 1. The van der Waals surface area contributed by atoms with Crippen molar-refractivity contribution in [3.63, 3.8) is 0 Å². The molecule has 2 atom stereocenters. The van der Waals surface area contributed by atoms with Gasteiger partial charge in [-0.15, -0.1) is 0 Å². The van der Waals surface area contributed by atoms with Crippen LogP contribution < -0.4 is 0 Å². The van der Waals surface area contributed by atoms with Crippen LogP contribution in [0.5, 0.6) is 0 Å². The van der Waals surface area contributed by atoms with Crippen molar-refractivity contribution in [1.29, 1.82) is 0 Å². The second kappa shape index (κ2) is 8.83. The summed E-state index contributed by atoms with van der Waals surface area (Å²) in [6.45, 7) is 6.75. The first-order chi connectivity index (χ1) is 14.8. The quantitative estimate of drug-likeness (QED) is 0.502. The number of piperidine rings is 1. The highest BCUT2D eigenvalue weighted by atomic mass is 35.5. The first-order valence-corrected chi connectivity index (χ1v) is 11.1. The van der Waals surface area contributed by atoms with Gasteiger partial charge in [0, 0.05) is 24.3 Å². The molecule has 31 heavy (non-hydrogen) atoms. The number of aromatic nitrogens is 2. The molecule has 2 heterocycles. The Morgan fingerprint density at radius 2 is 2.03 bits per heavy atom. The Bertz CT molecular complexity index is 1110. The topological polar surface area (TPSA) is 38.1 Å². The maximum Gasteiger partial charge on any atom is 0.226 e. The molecule has 1 aromatic heterocycles. The highest BCUT2D eigenvalue weighted by molar-refractivity contribution is 6.30. The SMILES string of the molecule is Cc1cn(-c2ccc(CC3CCCN(C(C)c4ccc(F)c(Cl)c4)C3=O)cc2C)cn1. The Balaban J connectivity index is 1.49. The van der Waals surface area contributed by atoms with E-state index in [0.717, 1.165) is 47.3 Å². The molecular formula is C25H27ClFN3O. The summed E-state index contributed by atoms with van der Waals surface area (Å²) in [5.41, 5.74) is 5.26. The highest BCUT2D eigenvalue weighted by Gasteiger charge is 2.32. The number of carbonyl (C=O) groups excluding carboxylic acids is 1. The summed E-state index contributed by atoms with van der Waals surface area (Å²) in [6.07, 6.45) is 6.39. The van der Waals surface area contributed by atoms with Gasteiger partial charge >= 0.3 is 0 Å². The molecule has 1 fully saturated rings. The van der Waals surface area contributed by atoms with E-state index in [1.54, 1.807) is 12.1 Å². The summed E-state index contributed by atoms with van der Waals surface area (Å²) in [6, 6.07) is 10.9. The number of carbonyl (C=O) groups is 1. The van der Waals surface area contributed by atoms with E-state index in [9.17, 15) is 9.18 Å². The number of amides is 1. The fourth-order valence-corrected chi connectivity index (χ4v) is 4.66. The van der Waals surface area contributed by atoms with Gasteiger partial charge in [-0.1, -0.05) is 29.8 Å². The zero-order chi connectivity index (χ0) is 22.1. The van der Waals surface area contributed by atoms with Crippen LogP contribution in [0, 0.1) is 25.6 Å². The summed E-state index contributed by atoms with van der Waals surface area (Å²) in [7, 11) is 0. The normalized spacial score (nSPS) is 17.8. The van der Waals surface area contributed by atoms with Gasteiger partial charge in [0.1, 0.15) is 5.82 Å². The van der Waals surface area contributed by atoms with Gasteiger partial charge < -0.3 is 9.47 Å². The molecule has 0 bridgehead atoms. The lowest BCUT2D eigenvalue weighted by Crippen LogP contribution is -2.43. The van der Waals surface area contributed by atoms with Crippen LogP contribution in [-0.4, -0.2) is 26.9 Å². The van der Waals surface area contributed by atoms with E-state index in [-0.39, 0.29) is 22.9 Å². The predicted octanol–water partition coefficient (Wildman–Crippen LogP) is 5.82. The van der Waals surface area contributed by atoms with Gasteiger partial charge in [-0.2, -0.15) is 0 Å². The van der Waals surface area contributed by atoms with Crippen molar-refractivity contribution in [3.8, 4) is 5.69 Å². The monoisotopic (exact) mass is 439 g/mol. The van der Waals surface area contributed by atoms with E-state index in [0.29, 0.717) is 6.54 Å².